The highest BCUT2D eigenvalue weighted by Gasteiger charge is 2.35. The fourth-order valence-electron chi connectivity index (χ4n) is 2.86. The van der Waals surface area contributed by atoms with Crippen LogP contribution in [-0.2, 0) is 27.9 Å². The van der Waals surface area contributed by atoms with E-state index in [1.165, 1.54) is 29.2 Å². The molecule has 1 saturated heterocycles. The van der Waals surface area contributed by atoms with E-state index in [0.717, 1.165) is 5.56 Å². The zero-order valence-corrected chi connectivity index (χ0v) is 15.5. The monoisotopic (exact) mass is 392 g/mol. The number of rotatable bonds is 6. The molecule has 0 unspecified atom stereocenters. The third kappa shape index (κ3) is 5.27. The molecule has 0 bridgehead atoms. The largest absolute Gasteiger partial charge is 0.445 e. The van der Waals surface area contributed by atoms with Crippen molar-refractivity contribution in [3.8, 4) is 0 Å². The van der Waals surface area contributed by atoms with Gasteiger partial charge in [-0.1, -0.05) is 42.5 Å². The predicted molar refractivity (Wildman–Crippen MR) is 98.8 cm³/mol. The molecule has 1 fully saturated rings. The van der Waals surface area contributed by atoms with Gasteiger partial charge in [-0.3, -0.25) is 0 Å². The Morgan fingerprint density at radius 3 is 2.52 bits per heavy atom. The molecule has 1 heterocycles. The van der Waals surface area contributed by atoms with Crippen molar-refractivity contribution in [3.05, 3.63) is 71.5 Å². The van der Waals surface area contributed by atoms with Gasteiger partial charge in [0.25, 0.3) is 0 Å². The molecule has 2 aromatic rings. The molecule has 1 atom stereocenters. The van der Waals surface area contributed by atoms with Crippen LogP contribution < -0.4 is 4.72 Å². The van der Waals surface area contributed by atoms with E-state index in [-0.39, 0.29) is 25.5 Å². The Morgan fingerprint density at radius 1 is 1.11 bits per heavy atom. The first kappa shape index (κ1) is 19.3. The molecular weight excluding hydrogens is 371 g/mol. The number of carbonyl (C=O) groups excluding carboxylic acids is 1. The maximum Gasteiger partial charge on any atom is 0.410 e. The maximum atomic E-state index is 12.9. The Bertz CT molecular complexity index is 872. The summed E-state index contributed by atoms with van der Waals surface area (Å²) in [4.78, 5) is 13.6. The normalized spacial score (nSPS) is 17.1. The molecule has 8 heteroatoms. The molecule has 1 amide bonds. The van der Waals surface area contributed by atoms with Gasteiger partial charge in [-0.25, -0.2) is 22.3 Å². The van der Waals surface area contributed by atoms with Crippen LogP contribution >= 0.6 is 0 Å². The fourth-order valence-corrected chi connectivity index (χ4v) is 4.26. The second kappa shape index (κ2) is 8.49. The molecule has 1 aliphatic rings. The molecule has 1 aliphatic heterocycles. The van der Waals surface area contributed by atoms with Crippen LogP contribution in [0.15, 0.2) is 54.6 Å². The molecule has 144 valence electrons. The third-order valence-corrected chi connectivity index (χ3v) is 6.25. The highest BCUT2D eigenvalue weighted by Crippen LogP contribution is 2.18. The molecule has 0 saturated carbocycles. The van der Waals surface area contributed by atoms with Gasteiger partial charge in [0.15, 0.2) is 0 Å². The first-order valence-corrected chi connectivity index (χ1v) is 10.2. The van der Waals surface area contributed by atoms with Gasteiger partial charge in [-0.05, 0) is 29.7 Å². The van der Waals surface area contributed by atoms with Gasteiger partial charge in [-0.2, -0.15) is 0 Å². The van der Waals surface area contributed by atoms with Gasteiger partial charge in [0, 0.05) is 19.6 Å². The molecule has 27 heavy (non-hydrogen) atoms. The topological polar surface area (TPSA) is 75.7 Å². The summed E-state index contributed by atoms with van der Waals surface area (Å²) in [5.41, 5.74) is 1.53. The van der Waals surface area contributed by atoms with E-state index < -0.39 is 21.4 Å². The molecule has 0 radical (unpaired) electrons. The van der Waals surface area contributed by atoms with Crippen LogP contribution in [0.25, 0.3) is 0 Å². The van der Waals surface area contributed by atoms with Crippen molar-refractivity contribution >= 4 is 16.1 Å². The van der Waals surface area contributed by atoms with Crippen molar-refractivity contribution in [1.29, 1.82) is 0 Å². The number of nitrogens with zero attached hydrogens (tertiary/aromatic N) is 1. The van der Waals surface area contributed by atoms with Gasteiger partial charge in [0.05, 0.1) is 5.25 Å². The van der Waals surface area contributed by atoms with Crippen LogP contribution in [0.1, 0.15) is 17.5 Å². The lowest BCUT2D eigenvalue weighted by atomic mass is 10.2. The van der Waals surface area contributed by atoms with Gasteiger partial charge >= 0.3 is 6.09 Å². The van der Waals surface area contributed by atoms with Gasteiger partial charge in [0.2, 0.25) is 10.0 Å². The third-order valence-electron chi connectivity index (χ3n) is 4.44. The molecule has 1 N–H and O–H groups in total. The van der Waals surface area contributed by atoms with Crippen molar-refractivity contribution in [2.24, 2.45) is 0 Å². The van der Waals surface area contributed by atoms with Gasteiger partial charge < -0.3 is 9.64 Å². The number of nitrogens with one attached hydrogen (secondary N) is 1. The van der Waals surface area contributed by atoms with Gasteiger partial charge in [0.1, 0.15) is 12.4 Å². The lowest BCUT2D eigenvalue weighted by molar-refractivity contribution is 0.104. The van der Waals surface area contributed by atoms with Crippen molar-refractivity contribution in [2.75, 3.05) is 13.1 Å². The van der Waals surface area contributed by atoms with Crippen molar-refractivity contribution in [1.82, 2.24) is 9.62 Å². The summed E-state index contributed by atoms with van der Waals surface area (Å²) in [6, 6.07) is 14.9. The number of carbonyl (C=O) groups is 1. The lowest BCUT2D eigenvalue weighted by Gasteiger charge is -2.17. The summed E-state index contributed by atoms with van der Waals surface area (Å²) in [5, 5.41) is -0.692. The Hall–Kier alpha value is -2.45. The van der Waals surface area contributed by atoms with Crippen LogP contribution in [-0.4, -0.2) is 37.8 Å². The standard InChI is InChI=1S/C19H21FN2O4S/c20-17-8-6-15(7-9-17)12-21-27(24,25)18-10-11-22(13-18)19(23)26-14-16-4-2-1-3-5-16/h1-9,18,21H,10-14H2/t18-/m0/s1. The summed E-state index contributed by atoms with van der Waals surface area (Å²) in [6.07, 6.45) is -0.172. The Morgan fingerprint density at radius 2 is 1.81 bits per heavy atom. The van der Waals surface area contributed by atoms with Crippen molar-refractivity contribution < 1.29 is 22.3 Å². The first-order valence-electron chi connectivity index (χ1n) is 8.62. The molecular formula is C19H21FN2O4S. The quantitative estimate of drug-likeness (QED) is 0.820. The van der Waals surface area contributed by atoms with E-state index >= 15 is 0 Å². The smallest absolute Gasteiger partial charge is 0.410 e. The number of benzene rings is 2. The van der Waals surface area contributed by atoms with E-state index in [9.17, 15) is 17.6 Å². The summed E-state index contributed by atoms with van der Waals surface area (Å²) < 4.78 is 45.6. The van der Waals surface area contributed by atoms with Gasteiger partial charge in [-0.15, -0.1) is 0 Å². The minimum absolute atomic E-state index is 0.0809. The molecule has 0 spiro atoms. The van der Waals surface area contributed by atoms with E-state index in [0.29, 0.717) is 18.5 Å². The Kier molecular flexibility index (Phi) is 6.08. The number of likely N-dealkylation sites (tertiary alicyclic amines) is 1. The predicted octanol–water partition coefficient (Wildman–Crippen LogP) is 2.66. The Labute approximate surface area is 158 Å². The number of sulfonamides is 1. The molecule has 2 aromatic carbocycles. The van der Waals surface area contributed by atoms with E-state index in [4.69, 9.17) is 4.74 Å². The summed E-state index contributed by atoms with van der Waals surface area (Å²) in [5.74, 6) is -0.373. The van der Waals surface area contributed by atoms with E-state index in [1.807, 2.05) is 30.3 Å². The van der Waals surface area contributed by atoms with Crippen molar-refractivity contribution in [2.45, 2.75) is 24.8 Å². The van der Waals surface area contributed by atoms with E-state index in [2.05, 4.69) is 4.72 Å². The zero-order chi connectivity index (χ0) is 19.3. The average molecular weight is 392 g/mol. The molecule has 0 aliphatic carbocycles. The summed E-state index contributed by atoms with van der Waals surface area (Å²) in [7, 11) is -3.60. The maximum absolute atomic E-state index is 12.9. The minimum atomic E-state index is -3.60. The Balaban J connectivity index is 1.49. The highest BCUT2D eigenvalue weighted by molar-refractivity contribution is 7.90. The van der Waals surface area contributed by atoms with Crippen LogP contribution in [0, 0.1) is 5.82 Å². The van der Waals surface area contributed by atoms with Crippen LogP contribution in [0.5, 0.6) is 0 Å². The summed E-state index contributed by atoms with van der Waals surface area (Å²) in [6.45, 7) is 0.649. The van der Waals surface area contributed by atoms with Crippen LogP contribution in [0.4, 0.5) is 9.18 Å². The van der Waals surface area contributed by atoms with Crippen molar-refractivity contribution in [3.63, 3.8) is 0 Å². The number of hydrogen-bond acceptors (Lipinski definition) is 4. The minimum Gasteiger partial charge on any atom is -0.445 e. The van der Waals surface area contributed by atoms with Crippen LogP contribution in [0.3, 0.4) is 0 Å². The number of amides is 1. The molecule has 3 rings (SSSR count). The SMILES string of the molecule is O=C(OCc1ccccc1)N1CC[C@H](S(=O)(=O)NCc2ccc(F)cc2)C1. The summed E-state index contributed by atoms with van der Waals surface area (Å²) >= 11 is 0. The first-order chi connectivity index (χ1) is 12.9. The average Bonchev–Trinajstić information content (AvgIpc) is 3.18. The van der Waals surface area contributed by atoms with E-state index in [1.54, 1.807) is 0 Å². The molecule has 0 aromatic heterocycles. The second-order valence-corrected chi connectivity index (χ2v) is 8.43. The lowest BCUT2D eigenvalue weighted by Crippen LogP contribution is -2.37. The zero-order valence-electron chi connectivity index (χ0n) is 14.7. The number of ether oxygens (including phenoxy) is 1. The van der Waals surface area contributed by atoms with Crippen LogP contribution in [0.2, 0.25) is 0 Å². The number of halogens is 1. The fraction of sp³-hybridized carbons (Fsp3) is 0.316. The molecule has 6 nitrogen and oxygen atoms in total. The number of hydrogen-bond donors (Lipinski definition) is 1. The highest BCUT2D eigenvalue weighted by atomic mass is 32.2. The second-order valence-electron chi connectivity index (χ2n) is 6.39.